The molecule has 4 N–H and O–H groups in total. The SMILES string of the molecule is O=C1c2ccccc2OC(c2ccccc2)C1OOc1c(-c2ccc(O)c(O)c2)oc2cc(O)cc(OO)c2c1=O. The molecule has 0 radical (unpaired) electrons. The second-order valence-electron chi connectivity index (χ2n) is 9.11. The number of aromatic hydroxyl groups is 3. The van der Waals surface area contributed by atoms with Crippen LogP contribution >= 0.6 is 0 Å². The lowest BCUT2D eigenvalue weighted by Gasteiger charge is -2.31. The third kappa shape index (κ3) is 4.54. The number of hydrogen-bond acceptors (Lipinski definition) is 11. The molecule has 2 atom stereocenters. The second kappa shape index (κ2) is 10.2. The van der Waals surface area contributed by atoms with Crippen LogP contribution in [-0.2, 0) is 4.89 Å². The van der Waals surface area contributed by atoms with E-state index in [1.54, 1.807) is 54.6 Å². The highest BCUT2D eigenvalue weighted by atomic mass is 17.2. The van der Waals surface area contributed by atoms with E-state index in [2.05, 4.69) is 4.89 Å². The third-order valence-electron chi connectivity index (χ3n) is 6.54. The lowest BCUT2D eigenvalue weighted by molar-refractivity contribution is -0.249. The molecule has 1 aliphatic rings. The quantitative estimate of drug-likeness (QED) is 0.125. The first-order valence-corrected chi connectivity index (χ1v) is 12.2. The maximum Gasteiger partial charge on any atom is 0.256 e. The molecule has 0 saturated heterocycles. The van der Waals surface area contributed by atoms with Crippen molar-refractivity contribution in [3.63, 3.8) is 0 Å². The molecular weight excluding hydrogens is 536 g/mol. The molecule has 1 aliphatic heterocycles. The molecule has 0 spiro atoms. The molecule has 11 heteroatoms. The first-order valence-electron chi connectivity index (χ1n) is 12.2. The summed E-state index contributed by atoms with van der Waals surface area (Å²) >= 11 is 0. The Morgan fingerprint density at radius 2 is 1.56 bits per heavy atom. The standard InChI is InChI=1S/C30H20O11/c31-17-13-22-24(23(14-17)39-36)26(35)30(28(38-22)16-10-11-19(32)20(33)12-16)41-40-29-25(34)18-8-4-5-9-21(18)37-27(29)15-6-2-1-3-7-15/h1-14,27,29,31-33,36H. The van der Waals surface area contributed by atoms with Gasteiger partial charge in [-0.2, -0.15) is 4.89 Å². The van der Waals surface area contributed by atoms with Crippen LogP contribution in [0.4, 0.5) is 0 Å². The van der Waals surface area contributed by atoms with Gasteiger partial charge in [0.15, 0.2) is 29.1 Å². The van der Waals surface area contributed by atoms with Crippen molar-refractivity contribution in [1.29, 1.82) is 0 Å². The number of benzene rings is 4. The fourth-order valence-electron chi connectivity index (χ4n) is 4.60. The van der Waals surface area contributed by atoms with E-state index in [1.807, 2.05) is 0 Å². The monoisotopic (exact) mass is 556 g/mol. The fourth-order valence-corrected chi connectivity index (χ4v) is 4.60. The number of fused-ring (bicyclic) bond motifs is 2. The molecule has 206 valence electrons. The molecule has 11 nitrogen and oxygen atoms in total. The third-order valence-corrected chi connectivity index (χ3v) is 6.54. The minimum absolute atomic E-state index is 0.0730. The van der Waals surface area contributed by atoms with Crippen LogP contribution in [0.15, 0.2) is 94.1 Å². The molecule has 0 bridgehead atoms. The van der Waals surface area contributed by atoms with Gasteiger partial charge in [-0.05, 0) is 35.9 Å². The van der Waals surface area contributed by atoms with Crippen molar-refractivity contribution in [3.8, 4) is 45.8 Å². The second-order valence-corrected chi connectivity index (χ2v) is 9.11. The molecule has 1 aromatic heterocycles. The van der Waals surface area contributed by atoms with E-state index in [4.69, 9.17) is 18.9 Å². The molecule has 41 heavy (non-hydrogen) atoms. The number of carbonyl (C=O) groups excluding carboxylic acids is 1. The van der Waals surface area contributed by atoms with Gasteiger partial charge < -0.3 is 34.2 Å². The Kier molecular flexibility index (Phi) is 6.42. The number of phenolic OH excluding ortho intramolecular Hbond substituents is 3. The lowest BCUT2D eigenvalue weighted by atomic mass is 9.93. The van der Waals surface area contributed by atoms with Crippen molar-refractivity contribution in [2.24, 2.45) is 0 Å². The number of rotatable bonds is 6. The number of phenols is 3. The lowest BCUT2D eigenvalue weighted by Crippen LogP contribution is -2.39. The van der Waals surface area contributed by atoms with Crippen LogP contribution in [0.1, 0.15) is 22.0 Å². The predicted molar refractivity (Wildman–Crippen MR) is 142 cm³/mol. The van der Waals surface area contributed by atoms with E-state index in [9.17, 15) is 30.2 Å². The van der Waals surface area contributed by atoms with Crippen molar-refractivity contribution in [3.05, 3.63) is 106 Å². The van der Waals surface area contributed by atoms with E-state index in [1.165, 1.54) is 6.07 Å². The molecule has 0 fully saturated rings. The summed E-state index contributed by atoms with van der Waals surface area (Å²) in [5.41, 5.74) is -0.191. The first kappa shape index (κ1) is 25.7. The molecule has 2 heterocycles. The number of Topliss-reactive ketones (excluding diaryl/α,β-unsaturated/α-hetero) is 1. The Hall–Kier alpha value is -5.52. The van der Waals surface area contributed by atoms with Crippen LogP contribution in [0.5, 0.6) is 34.5 Å². The van der Waals surface area contributed by atoms with Gasteiger partial charge in [0.05, 0.1) is 5.56 Å². The summed E-state index contributed by atoms with van der Waals surface area (Å²) in [6.45, 7) is 0. The van der Waals surface area contributed by atoms with Gasteiger partial charge >= 0.3 is 0 Å². The Balaban J connectivity index is 1.48. The van der Waals surface area contributed by atoms with Crippen LogP contribution in [-0.4, -0.2) is 32.5 Å². The van der Waals surface area contributed by atoms with E-state index in [0.29, 0.717) is 11.3 Å². The summed E-state index contributed by atoms with van der Waals surface area (Å²) in [5.74, 6) is -2.77. The number of carbonyl (C=O) groups is 1. The minimum atomic E-state index is -1.38. The predicted octanol–water partition coefficient (Wildman–Crippen LogP) is 5.12. The van der Waals surface area contributed by atoms with Gasteiger partial charge in [-0.15, -0.1) is 0 Å². The molecule has 5 aromatic rings. The Morgan fingerprint density at radius 1 is 0.805 bits per heavy atom. The zero-order valence-electron chi connectivity index (χ0n) is 20.9. The molecule has 0 saturated carbocycles. The number of hydrogen-bond donors (Lipinski definition) is 4. The fraction of sp³-hybridized carbons (Fsp3) is 0.0667. The average Bonchev–Trinajstić information content (AvgIpc) is 2.98. The van der Waals surface area contributed by atoms with Gasteiger partial charge in [0.2, 0.25) is 17.3 Å². The Labute approximate surface area is 230 Å². The van der Waals surface area contributed by atoms with Gasteiger partial charge in [0, 0.05) is 17.7 Å². The van der Waals surface area contributed by atoms with Crippen LogP contribution in [0, 0.1) is 0 Å². The highest BCUT2D eigenvalue weighted by molar-refractivity contribution is 6.03. The van der Waals surface area contributed by atoms with E-state index in [0.717, 1.165) is 24.3 Å². The normalized spacial score (nSPS) is 16.2. The Bertz CT molecular complexity index is 1850. The van der Waals surface area contributed by atoms with Crippen molar-refractivity contribution >= 4 is 16.8 Å². The zero-order chi connectivity index (χ0) is 28.7. The minimum Gasteiger partial charge on any atom is -0.508 e. The summed E-state index contributed by atoms with van der Waals surface area (Å²) in [5, 5.41) is 39.0. The van der Waals surface area contributed by atoms with Gasteiger partial charge in [-0.1, -0.05) is 42.5 Å². The van der Waals surface area contributed by atoms with Crippen molar-refractivity contribution in [1.82, 2.24) is 0 Å². The molecular formula is C30H20O11. The van der Waals surface area contributed by atoms with E-state index < -0.39 is 46.4 Å². The van der Waals surface area contributed by atoms with Gasteiger partial charge in [0.25, 0.3) is 5.75 Å². The van der Waals surface area contributed by atoms with Crippen LogP contribution < -0.4 is 19.9 Å². The zero-order valence-corrected chi connectivity index (χ0v) is 20.9. The summed E-state index contributed by atoms with van der Waals surface area (Å²) in [6.07, 6.45) is -2.34. The van der Waals surface area contributed by atoms with E-state index in [-0.39, 0.29) is 33.6 Å². The van der Waals surface area contributed by atoms with Crippen molar-refractivity contribution < 1.29 is 49.2 Å². The maximum atomic E-state index is 13.7. The molecule has 0 aliphatic carbocycles. The van der Waals surface area contributed by atoms with E-state index >= 15 is 0 Å². The number of ketones is 1. The van der Waals surface area contributed by atoms with Crippen LogP contribution in [0.25, 0.3) is 22.3 Å². The smallest absolute Gasteiger partial charge is 0.256 e. The molecule has 0 amide bonds. The Morgan fingerprint density at radius 3 is 2.32 bits per heavy atom. The molecule has 6 rings (SSSR count). The van der Waals surface area contributed by atoms with Gasteiger partial charge in [-0.3, -0.25) is 9.59 Å². The summed E-state index contributed by atoms with van der Waals surface area (Å²) < 4.78 is 12.0. The van der Waals surface area contributed by atoms with Crippen LogP contribution in [0.3, 0.4) is 0 Å². The van der Waals surface area contributed by atoms with Crippen molar-refractivity contribution in [2.45, 2.75) is 12.2 Å². The average molecular weight is 556 g/mol. The highest BCUT2D eigenvalue weighted by Gasteiger charge is 2.41. The topological polar surface area (TPSA) is 165 Å². The molecule has 2 unspecified atom stereocenters. The molecule has 4 aromatic carbocycles. The summed E-state index contributed by atoms with van der Waals surface area (Å²) in [4.78, 5) is 42.8. The number of ether oxygens (including phenoxy) is 1. The summed E-state index contributed by atoms with van der Waals surface area (Å²) in [7, 11) is 0. The number of para-hydroxylation sites is 1. The first-order chi connectivity index (χ1) is 19.9. The van der Waals surface area contributed by atoms with Gasteiger partial charge in [-0.25, -0.2) is 5.26 Å². The van der Waals surface area contributed by atoms with Crippen molar-refractivity contribution in [2.75, 3.05) is 0 Å². The maximum absolute atomic E-state index is 13.7. The van der Waals surface area contributed by atoms with Gasteiger partial charge in [0.1, 0.15) is 22.5 Å². The van der Waals surface area contributed by atoms with Crippen LogP contribution in [0.2, 0.25) is 0 Å². The largest absolute Gasteiger partial charge is 0.508 e. The highest BCUT2D eigenvalue weighted by Crippen LogP contribution is 2.40. The summed E-state index contributed by atoms with van der Waals surface area (Å²) in [6, 6.07) is 21.1.